The first-order valence-corrected chi connectivity index (χ1v) is 4.07. The fourth-order valence-corrected chi connectivity index (χ4v) is 0.967. The van der Waals surface area contributed by atoms with Crippen LogP contribution in [0.25, 0.3) is 0 Å². The van der Waals surface area contributed by atoms with Gasteiger partial charge in [-0.25, -0.2) is 0 Å². The van der Waals surface area contributed by atoms with E-state index in [-0.39, 0.29) is 5.92 Å². The van der Waals surface area contributed by atoms with Crippen LogP contribution in [-0.4, -0.2) is 21.3 Å². The van der Waals surface area contributed by atoms with Crippen LogP contribution in [0.3, 0.4) is 0 Å². The van der Waals surface area contributed by atoms with Gasteiger partial charge in [0.25, 0.3) is 0 Å². The van der Waals surface area contributed by atoms with Crippen molar-refractivity contribution in [3.63, 3.8) is 0 Å². The lowest BCUT2D eigenvalue weighted by Crippen LogP contribution is -2.43. The van der Waals surface area contributed by atoms with E-state index in [0.29, 0.717) is 0 Å². The van der Waals surface area contributed by atoms with E-state index in [1.807, 2.05) is 6.92 Å². The molecule has 10 heavy (non-hydrogen) atoms. The van der Waals surface area contributed by atoms with E-state index in [9.17, 15) is 10.2 Å². The largest absolute Gasteiger partial charge is 0.364 e. The summed E-state index contributed by atoms with van der Waals surface area (Å²) in [5.74, 6) is -1.75. The van der Waals surface area contributed by atoms with Crippen molar-refractivity contribution in [2.75, 3.05) is 0 Å². The Hall–Kier alpha value is 0.270. The van der Waals surface area contributed by atoms with Crippen molar-refractivity contribution in [1.82, 2.24) is 0 Å². The average molecular weight is 164 g/mol. The standard InChI is InChI=1S/C7H16O2S/c1-4-5(2)7(8,9)6(3)10/h5-6,8-10H,4H2,1-3H3. The minimum atomic E-state index is -1.63. The topological polar surface area (TPSA) is 40.5 Å². The Labute approximate surface area is 67.7 Å². The third-order valence-electron chi connectivity index (χ3n) is 1.95. The quantitative estimate of drug-likeness (QED) is 0.431. The van der Waals surface area contributed by atoms with Crippen LogP contribution < -0.4 is 0 Å². The van der Waals surface area contributed by atoms with E-state index < -0.39 is 11.0 Å². The second-order valence-corrected chi connectivity index (χ2v) is 3.54. The van der Waals surface area contributed by atoms with Crippen molar-refractivity contribution in [1.29, 1.82) is 0 Å². The molecule has 3 heteroatoms. The maximum absolute atomic E-state index is 9.34. The van der Waals surface area contributed by atoms with Gasteiger partial charge in [-0.1, -0.05) is 13.8 Å². The SMILES string of the molecule is CCC(C)C(O)(O)C(C)S. The van der Waals surface area contributed by atoms with Crippen molar-refractivity contribution in [2.24, 2.45) is 5.92 Å². The van der Waals surface area contributed by atoms with Crippen LogP contribution in [0.1, 0.15) is 27.2 Å². The molecule has 0 saturated carbocycles. The fourth-order valence-electron chi connectivity index (χ4n) is 0.712. The first-order valence-electron chi connectivity index (χ1n) is 3.55. The van der Waals surface area contributed by atoms with Crippen LogP contribution in [0, 0.1) is 5.92 Å². The summed E-state index contributed by atoms with van der Waals surface area (Å²) < 4.78 is 0. The summed E-state index contributed by atoms with van der Waals surface area (Å²) in [7, 11) is 0. The summed E-state index contributed by atoms with van der Waals surface area (Å²) in [4.78, 5) is 0. The van der Waals surface area contributed by atoms with Crippen molar-refractivity contribution >= 4 is 12.6 Å². The molecule has 2 atom stereocenters. The minimum absolute atomic E-state index is 0.125. The van der Waals surface area contributed by atoms with Gasteiger partial charge in [-0.3, -0.25) is 0 Å². The predicted molar refractivity (Wildman–Crippen MR) is 45.1 cm³/mol. The second kappa shape index (κ2) is 3.60. The van der Waals surface area contributed by atoms with Crippen LogP contribution in [-0.2, 0) is 0 Å². The molecular weight excluding hydrogens is 148 g/mol. The summed E-state index contributed by atoms with van der Waals surface area (Å²) >= 11 is 3.97. The van der Waals surface area contributed by atoms with Crippen molar-refractivity contribution in [3.05, 3.63) is 0 Å². The number of hydrogen-bond acceptors (Lipinski definition) is 3. The van der Waals surface area contributed by atoms with Crippen molar-refractivity contribution in [3.8, 4) is 0 Å². The van der Waals surface area contributed by atoms with Crippen LogP contribution in [0.4, 0.5) is 0 Å². The van der Waals surface area contributed by atoms with E-state index in [0.717, 1.165) is 6.42 Å². The van der Waals surface area contributed by atoms with Crippen LogP contribution >= 0.6 is 12.6 Å². The van der Waals surface area contributed by atoms with Gasteiger partial charge in [0.05, 0.1) is 5.25 Å². The van der Waals surface area contributed by atoms with Gasteiger partial charge < -0.3 is 10.2 Å². The molecule has 0 fully saturated rings. The molecule has 62 valence electrons. The van der Waals surface area contributed by atoms with E-state index in [1.165, 1.54) is 0 Å². The fraction of sp³-hybridized carbons (Fsp3) is 1.00. The summed E-state index contributed by atoms with van der Waals surface area (Å²) in [6.07, 6.45) is 0.748. The summed E-state index contributed by atoms with van der Waals surface area (Å²) in [6, 6.07) is 0. The molecule has 0 aromatic heterocycles. The Bertz CT molecular complexity index is 102. The Kier molecular flexibility index (Phi) is 3.70. The number of thiol groups is 1. The molecule has 0 bridgehead atoms. The Balaban J connectivity index is 4.09. The number of rotatable bonds is 3. The maximum Gasteiger partial charge on any atom is 0.176 e. The highest BCUT2D eigenvalue weighted by atomic mass is 32.1. The predicted octanol–water partition coefficient (Wildman–Crippen LogP) is 1.03. The zero-order chi connectivity index (χ0) is 8.36. The lowest BCUT2D eigenvalue weighted by Gasteiger charge is -2.30. The Morgan fingerprint density at radius 1 is 1.40 bits per heavy atom. The monoisotopic (exact) mass is 164 g/mol. The maximum atomic E-state index is 9.34. The molecule has 0 saturated heterocycles. The summed E-state index contributed by atoms with van der Waals surface area (Å²) in [5, 5.41) is 18.3. The lowest BCUT2D eigenvalue weighted by molar-refractivity contribution is -0.193. The number of aliphatic hydroxyl groups is 2. The molecule has 0 aromatic carbocycles. The van der Waals surface area contributed by atoms with E-state index >= 15 is 0 Å². The molecule has 0 aliphatic heterocycles. The zero-order valence-electron chi connectivity index (χ0n) is 6.70. The molecule has 2 N–H and O–H groups in total. The first kappa shape index (κ1) is 10.3. The molecule has 0 aliphatic carbocycles. The van der Waals surface area contributed by atoms with Gasteiger partial charge in [0.2, 0.25) is 0 Å². The highest BCUT2D eigenvalue weighted by Gasteiger charge is 2.33. The van der Waals surface area contributed by atoms with E-state index in [4.69, 9.17) is 0 Å². The van der Waals surface area contributed by atoms with Gasteiger partial charge in [0.1, 0.15) is 0 Å². The second-order valence-electron chi connectivity index (χ2n) is 2.77. The average Bonchev–Trinajstić information content (AvgIpc) is 1.86. The molecule has 2 unspecified atom stereocenters. The Morgan fingerprint density at radius 2 is 1.80 bits per heavy atom. The smallest absolute Gasteiger partial charge is 0.176 e. The van der Waals surface area contributed by atoms with Crippen molar-refractivity contribution < 1.29 is 10.2 Å². The zero-order valence-corrected chi connectivity index (χ0v) is 7.60. The first-order chi connectivity index (χ1) is 4.42. The van der Waals surface area contributed by atoms with Gasteiger partial charge in [0.15, 0.2) is 5.79 Å². The third kappa shape index (κ3) is 2.15. The third-order valence-corrected chi connectivity index (χ3v) is 2.33. The minimum Gasteiger partial charge on any atom is -0.364 e. The molecule has 2 nitrogen and oxygen atoms in total. The van der Waals surface area contributed by atoms with Gasteiger partial charge in [-0.2, -0.15) is 12.6 Å². The van der Waals surface area contributed by atoms with E-state index in [1.54, 1.807) is 13.8 Å². The lowest BCUT2D eigenvalue weighted by atomic mass is 9.96. The molecule has 0 heterocycles. The molecule has 0 aliphatic rings. The van der Waals surface area contributed by atoms with Gasteiger partial charge in [0, 0.05) is 5.92 Å². The van der Waals surface area contributed by atoms with Crippen LogP contribution in [0.5, 0.6) is 0 Å². The van der Waals surface area contributed by atoms with Crippen LogP contribution in [0.2, 0.25) is 0 Å². The molecular formula is C7H16O2S. The van der Waals surface area contributed by atoms with Gasteiger partial charge >= 0.3 is 0 Å². The highest BCUT2D eigenvalue weighted by Crippen LogP contribution is 2.24. The molecule has 0 aromatic rings. The molecule has 0 spiro atoms. The number of hydrogen-bond donors (Lipinski definition) is 3. The van der Waals surface area contributed by atoms with Crippen molar-refractivity contribution in [2.45, 2.75) is 38.2 Å². The molecule has 0 radical (unpaired) electrons. The summed E-state index contributed by atoms with van der Waals surface area (Å²) in [6.45, 7) is 5.39. The van der Waals surface area contributed by atoms with Gasteiger partial charge in [-0.15, -0.1) is 0 Å². The normalized spacial score (nSPS) is 18.6. The van der Waals surface area contributed by atoms with E-state index in [2.05, 4.69) is 12.6 Å². The van der Waals surface area contributed by atoms with Gasteiger partial charge in [-0.05, 0) is 13.3 Å². The molecule has 0 amide bonds. The molecule has 0 rings (SSSR count). The van der Waals surface area contributed by atoms with Crippen LogP contribution in [0.15, 0.2) is 0 Å². The highest BCUT2D eigenvalue weighted by molar-refractivity contribution is 7.81. The summed E-state index contributed by atoms with van der Waals surface area (Å²) in [5.41, 5.74) is 0. The Morgan fingerprint density at radius 3 is 1.90 bits per heavy atom.